The van der Waals surface area contributed by atoms with E-state index in [2.05, 4.69) is 18.7 Å². The fraction of sp³-hybridized carbons (Fsp3) is 1.00. The average molecular weight is 189 g/mol. The summed E-state index contributed by atoms with van der Waals surface area (Å²) in [5.74, 6) is 0.623. The molecule has 0 aromatic heterocycles. The SMILES string of the molecule is CC(C)C[C@H]1C[C@@H](O)CN1CCF. The van der Waals surface area contributed by atoms with Gasteiger partial charge in [-0.2, -0.15) is 0 Å². The van der Waals surface area contributed by atoms with Gasteiger partial charge in [-0.15, -0.1) is 0 Å². The van der Waals surface area contributed by atoms with Crippen LogP contribution in [0, 0.1) is 5.92 Å². The van der Waals surface area contributed by atoms with Crippen LogP contribution in [0.15, 0.2) is 0 Å². The van der Waals surface area contributed by atoms with Gasteiger partial charge in [0.15, 0.2) is 0 Å². The molecule has 1 fully saturated rings. The Kier molecular flexibility index (Phi) is 4.13. The summed E-state index contributed by atoms with van der Waals surface area (Å²) in [6.45, 7) is 5.16. The largest absolute Gasteiger partial charge is 0.392 e. The van der Waals surface area contributed by atoms with Gasteiger partial charge in [0.2, 0.25) is 0 Å². The summed E-state index contributed by atoms with van der Waals surface area (Å²) in [6.07, 6.45) is 1.64. The summed E-state index contributed by atoms with van der Waals surface area (Å²) in [4.78, 5) is 2.07. The fourth-order valence-electron chi connectivity index (χ4n) is 2.13. The number of aliphatic hydroxyl groups is 1. The van der Waals surface area contributed by atoms with Crippen LogP contribution in [0.1, 0.15) is 26.7 Å². The van der Waals surface area contributed by atoms with E-state index >= 15 is 0 Å². The van der Waals surface area contributed by atoms with Gasteiger partial charge in [-0.25, -0.2) is 4.39 Å². The molecule has 0 bridgehead atoms. The Morgan fingerprint density at radius 1 is 1.54 bits per heavy atom. The minimum Gasteiger partial charge on any atom is -0.392 e. The predicted octanol–water partition coefficient (Wildman–Crippen LogP) is 1.44. The quantitative estimate of drug-likeness (QED) is 0.723. The Bertz CT molecular complexity index is 152. The third-order valence-electron chi connectivity index (χ3n) is 2.62. The van der Waals surface area contributed by atoms with Gasteiger partial charge in [0.25, 0.3) is 0 Å². The zero-order chi connectivity index (χ0) is 9.84. The lowest BCUT2D eigenvalue weighted by Crippen LogP contribution is -2.32. The molecular weight excluding hydrogens is 169 g/mol. The highest BCUT2D eigenvalue weighted by Gasteiger charge is 2.30. The first-order valence-corrected chi connectivity index (χ1v) is 5.11. The molecule has 0 unspecified atom stereocenters. The third-order valence-corrected chi connectivity index (χ3v) is 2.62. The zero-order valence-corrected chi connectivity index (χ0v) is 8.54. The number of alkyl halides is 1. The number of halogens is 1. The van der Waals surface area contributed by atoms with Gasteiger partial charge in [-0.3, -0.25) is 4.90 Å². The summed E-state index contributed by atoms with van der Waals surface area (Å²) in [5.41, 5.74) is 0. The first-order valence-electron chi connectivity index (χ1n) is 5.11. The fourth-order valence-corrected chi connectivity index (χ4v) is 2.13. The molecule has 1 rings (SSSR count). The van der Waals surface area contributed by atoms with Gasteiger partial charge >= 0.3 is 0 Å². The Morgan fingerprint density at radius 3 is 2.77 bits per heavy atom. The lowest BCUT2D eigenvalue weighted by Gasteiger charge is -2.24. The van der Waals surface area contributed by atoms with E-state index in [-0.39, 0.29) is 12.8 Å². The first kappa shape index (κ1) is 10.9. The maximum atomic E-state index is 12.2. The molecule has 13 heavy (non-hydrogen) atoms. The van der Waals surface area contributed by atoms with E-state index in [0.29, 0.717) is 25.0 Å². The second kappa shape index (κ2) is 4.91. The highest BCUT2D eigenvalue weighted by atomic mass is 19.1. The van der Waals surface area contributed by atoms with Crippen LogP contribution in [-0.4, -0.2) is 41.9 Å². The molecular formula is C10H20FNO. The second-order valence-electron chi connectivity index (χ2n) is 4.36. The standard InChI is InChI=1S/C10H20FNO/c1-8(2)5-9-6-10(13)7-12(9)4-3-11/h8-10,13H,3-7H2,1-2H3/t9-,10+/m0/s1. The van der Waals surface area contributed by atoms with Crippen LogP contribution in [0.5, 0.6) is 0 Å². The van der Waals surface area contributed by atoms with Crippen molar-refractivity contribution in [3.63, 3.8) is 0 Å². The van der Waals surface area contributed by atoms with Crippen molar-refractivity contribution in [2.75, 3.05) is 19.8 Å². The Morgan fingerprint density at radius 2 is 2.23 bits per heavy atom. The molecule has 2 atom stereocenters. The van der Waals surface area contributed by atoms with Gasteiger partial charge in [0, 0.05) is 19.1 Å². The summed E-state index contributed by atoms with van der Waals surface area (Å²) in [6, 6.07) is 0.394. The maximum Gasteiger partial charge on any atom is 0.102 e. The third kappa shape index (κ3) is 3.24. The van der Waals surface area contributed by atoms with E-state index in [1.54, 1.807) is 0 Å². The number of rotatable bonds is 4. The van der Waals surface area contributed by atoms with Crippen molar-refractivity contribution in [1.29, 1.82) is 0 Å². The van der Waals surface area contributed by atoms with Crippen molar-refractivity contribution in [2.24, 2.45) is 5.92 Å². The molecule has 0 radical (unpaired) electrons. The summed E-state index contributed by atoms with van der Waals surface area (Å²) >= 11 is 0. The van der Waals surface area contributed by atoms with Gasteiger partial charge < -0.3 is 5.11 Å². The van der Waals surface area contributed by atoms with Crippen molar-refractivity contribution >= 4 is 0 Å². The summed E-state index contributed by atoms with van der Waals surface area (Å²) in [7, 11) is 0. The highest BCUT2D eigenvalue weighted by Crippen LogP contribution is 2.23. The van der Waals surface area contributed by atoms with Gasteiger partial charge in [-0.1, -0.05) is 13.8 Å². The number of β-amino-alcohol motifs (C(OH)–C–C–N with tert-alkyl or cyclic N) is 1. The maximum absolute atomic E-state index is 12.2. The van der Waals surface area contributed by atoms with Gasteiger partial charge in [-0.05, 0) is 18.8 Å². The molecule has 0 aromatic rings. The molecule has 1 aliphatic heterocycles. The van der Waals surface area contributed by atoms with E-state index < -0.39 is 0 Å². The minimum absolute atomic E-state index is 0.240. The van der Waals surface area contributed by atoms with E-state index in [1.807, 2.05) is 0 Å². The molecule has 1 heterocycles. The van der Waals surface area contributed by atoms with Gasteiger partial charge in [0.05, 0.1) is 6.10 Å². The number of hydrogen-bond donors (Lipinski definition) is 1. The zero-order valence-electron chi connectivity index (χ0n) is 8.54. The van der Waals surface area contributed by atoms with E-state index in [9.17, 15) is 9.50 Å². The van der Waals surface area contributed by atoms with E-state index in [4.69, 9.17) is 0 Å². The van der Waals surface area contributed by atoms with Crippen molar-refractivity contribution in [3.05, 3.63) is 0 Å². The van der Waals surface area contributed by atoms with Crippen LogP contribution in [0.25, 0.3) is 0 Å². The van der Waals surface area contributed by atoms with Crippen molar-refractivity contribution in [1.82, 2.24) is 4.90 Å². The van der Waals surface area contributed by atoms with Crippen molar-refractivity contribution in [2.45, 2.75) is 38.8 Å². The molecule has 0 aliphatic carbocycles. The number of aliphatic hydroxyl groups excluding tert-OH is 1. The van der Waals surface area contributed by atoms with Crippen LogP contribution < -0.4 is 0 Å². The molecule has 0 spiro atoms. The molecule has 0 aromatic carbocycles. The minimum atomic E-state index is -0.304. The molecule has 0 saturated carbocycles. The molecule has 1 saturated heterocycles. The topological polar surface area (TPSA) is 23.5 Å². The number of likely N-dealkylation sites (tertiary alicyclic amines) is 1. The lowest BCUT2D eigenvalue weighted by atomic mass is 10.0. The van der Waals surface area contributed by atoms with Crippen LogP contribution in [0.2, 0.25) is 0 Å². The molecule has 78 valence electrons. The van der Waals surface area contributed by atoms with E-state index in [0.717, 1.165) is 12.8 Å². The molecule has 2 nitrogen and oxygen atoms in total. The Labute approximate surface area is 79.7 Å². The molecule has 3 heteroatoms. The monoisotopic (exact) mass is 189 g/mol. The van der Waals surface area contributed by atoms with Crippen molar-refractivity contribution in [3.8, 4) is 0 Å². The smallest absolute Gasteiger partial charge is 0.102 e. The van der Waals surface area contributed by atoms with Crippen LogP contribution in [0.4, 0.5) is 4.39 Å². The van der Waals surface area contributed by atoms with Gasteiger partial charge in [0.1, 0.15) is 6.67 Å². The Balaban J connectivity index is 2.40. The molecule has 0 amide bonds. The highest BCUT2D eigenvalue weighted by molar-refractivity contribution is 4.85. The summed E-state index contributed by atoms with van der Waals surface area (Å²) < 4.78 is 12.2. The van der Waals surface area contributed by atoms with E-state index in [1.165, 1.54) is 0 Å². The number of hydrogen-bond acceptors (Lipinski definition) is 2. The molecule has 1 N–H and O–H groups in total. The van der Waals surface area contributed by atoms with Crippen molar-refractivity contribution < 1.29 is 9.50 Å². The predicted molar refractivity (Wildman–Crippen MR) is 51.4 cm³/mol. The average Bonchev–Trinajstić information content (AvgIpc) is 2.31. The second-order valence-corrected chi connectivity index (χ2v) is 4.36. The lowest BCUT2D eigenvalue weighted by molar-refractivity contribution is 0.169. The first-order chi connectivity index (χ1) is 6.13. The van der Waals surface area contributed by atoms with Crippen LogP contribution in [0.3, 0.4) is 0 Å². The molecule has 1 aliphatic rings. The summed E-state index contributed by atoms with van der Waals surface area (Å²) in [5, 5.41) is 9.45. The Hall–Kier alpha value is -0.150. The normalized spacial score (nSPS) is 30.2. The number of nitrogens with zero attached hydrogens (tertiary/aromatic N) is 1. The van der Waals surface area contributed by atoms with Crippen LogP contribution in [-0.2, 0) is 0 Å². The van der Waals surface area contributed by atoms with Crippen LogP contribution >= 0.6 is 0 Å².